The van der Waals surface area contributed by atoms with Gasteiger partial charge in [-0.25, -0.2) is 0 Å². The van der Waals surface area contributed by atoms with Crippen LogP contribution in [0.1, 0.15) is 39.0 Å². The summed E-state index contributed by atoms with van der Waals surface area (Å²) in [5.41, 5.74) is 0. The van der Waals surface area contributed by atoms with Crippen molar-refractivity contribution < 1.29 is 9.59 Å². The van der Waals surface area contributed by atoms with Crippen molar-refractivity contribution in [2.24, 2.45) is 5.92 Å². The maximum Gasteiger partial charge on any atom is 0.234 e. The largest absolute Gasteiger partial charge is 0.352 e. The molecule has 0 aromatic carbocycles. The molecular weight excluding hydrogens is 363 g/mol. The zero-order chi connectivity index (χ0) is 16.7. The van der Waals surface area contributed by atoms with Crippen molar-refractivity contribution in [3.8, 4) is 0 Å². The summed E-state index contributed by atoms with van der Waals surface area (Å²) in [5.74, 6) is 0.368. The maximum absolute atomic E-state index is 12.3. The summed E-state index contributed by atoms with van der Waals surface area (Å²) in [4.78, 5) is 28.5. The summed E-state index contributed by atoms with van der Waals surface area (Å²) in [6, 6.07) is 0.376. The van der Waals surface area contributed by atoms with Crippen LogP contribution in [0.25, 0.3) is 0 Å². The standard InChI is InChI=1S/C17H32N4O2.2ClH/c1-14(12-18-2)17(23)21-10-8-20(9-11-21)13-16(22)19-15-6-4-3-5-7-15;;/h14-15,18H,3-13H2,1-2H3,(H,19,22);2*1H. The van der Waals surface area contributed by atoms with Gasteiger partial charge >= 0.3 is 0 Å². The Bertz CT molecular complexity index is 398. The van der Waals surface area contributed by atoms with Gasteiger partial charge in [0.25, 0.3) is 0 Å². The van der Waals surface area contributed by atoms with Crippen LogP contribution in [0.3, 0.4) is 0 Å². The van der Waals surface area contributed by atoms with Crippen molar-refractivity contribution >= 4 is 36.6 Å². The normalized spacial score (nSPS) is 20.2. The molecule has 1 aliphatic heterocycles. The lowest BCUT2D eigenvalue weighted by Gasteiger charge is -2.36. The van der Waals surface area contributed by atoms with Gasteiger partial charge in [0.05, 0.1) is 6.54 Å². The second kappa shape index (κ2) is 12.7. The van der Waals surface area contributed by atoms with Crippen LogP contribution in [-0.2, 0) is 9.59 Å². The lowest BCUT2D eigenvalue weighted by atomic mass is 9.95. The zero-order valence-corrected chi connectivity index (χ0v) is 17.1. The van der Waals surface area contributed by atoms with Crippen LogP contribution < -0.4 is 10.6 Å². The topological polar surface area (TPSA) is 64.7 Å². The summed E-state index contributed by atoms with van der Waals surface area (Å²) in [6.45, 7) is 6.16. The minimum Gasteiger partial charge on any atom is -0.352 e. The van der Waals surface area contributed by atoms with Gasteiger partial charge in [-0.1, -0.05) is 26.2 Å². The van der Waals surface area contributed by atoms with E-state index in [2.05, 4.69) is 15.5 Å². The molecule has 0 spiro atoms. The highest BCUT2D eigenvalue weighted by molar-refractivity contribution is 5.85. The molecule has 8 heteroatoms. The predicted octanol–water partition coefficient (Wildman–Crippen LogP) is 1.28. The van der Waals surface area contributed by atoms with Crippen LogP contribution in [0.15, 0.2) is 0 Å². The third kappa shape index (κ3) is 8.11. The molecule has 0 aromatic rings. The second-order valence-corrected chi connectivity index (χ2v) is 6.96. The van der Waals surface area contributed by atoms with Gasteiger partial charge in [-0.15, -0.1) is 24.8 Å². The van der Waals surface area contributed by atoms with Crippen LogP contribution >= 0.6 is 24.8 Å². The number of amides is 2. The SMILES string of the molecule is CNCC(C)C(=O)N1CCN(CC(=O)NC2CCCCC2)CC1.Cl.Cl. The lowest BCUT2D eigenvalue weighted by Crippen LogP contribution is -2.53. The predicted molar refractivity (Wildman–Crippen MR) is 106 cm³/mol. The van der Waals surface area contributed by atoms with E-state index in [1.54, 1.807) is 0 Å². The Morgan fingerprint density at radius 3 is 2.20 bits per heavy atom. The van der Waals surface area contributed by atoms with Gasteiger partial charge in [-0.05, 0) is 19.9 Å². The van der Waals surface area contributed by atoms with E-state index in [0.29, 0.717) is 19.1 Å². The van der Waals surface area contributed by atoms with Crippen molar-refractivity contribution in [2.45, 2.75) is 45.1 Å². The number of rotatable bonds is 6. The molecule has 25 heavy (non-hydrogen) atoms. The van der Waals surface area contributed by atoms with E-state index in [0.717, 1.165) is 39.0 Å². The summed E-state index contributed by atoms with van der Waals surface area (Å²) < 4.78 is 0. The zero-order valence-electron chi connectivity index (χ0n) is 15.5. The molecule has 1 atom stereocenters. The molecule has 1 saturated carbocycles. The molecular formula is C17H34Cl2N4O2. The Labute approximate surface area is 164 Å². The second-order valence-electron chi connectivity index (χ2n) is 6.96. The highest BCUT2D eigenvalue weighted by Gasteiger charge is 2.25. The van der Waals surface area contributed by atoms with Gasteiger partial charge in [0, 0.05) is 44.7 Å². The van der Waals surface area contributed by atoms with Gasteiger partial charge in [0.1, 0.15) is 0 Å². The van der Waals surface area contributed by atoms with E-state index in [-0.39, 0.29) is 42.5 Å². The van der Waals surface area contributed by atoms with Crippen LogP contribution in [0, 0.1) is 5.92 Å². The molecule has 1 saturated heterocycles. The lowest BCUT2D eigenvalue weighted by molar-refractivity contribution is -0.136. The van der Waals surface area contributed by atoms with Gasteiger partial charge in [0.2, 0.25) is 11.8 Å². The number of piperazine rings is 1. The van der Waals surface area contributed by atoms with Crippen LogP contribution in [0.5, 0.6) is 0 Å². The van der Waals surface area contributed by atoms with E-state index >= 15 is 0 Å². The third-order valence-electron chi connectivity index (χ3n) is 4.95. The fourth-order valence-electron chi connectivity index (χ4n) is 3.55. The third-order valence-corrected chi connectivity index (χ3v) is 4.95. The molecule has 1 aliphatic carbocycles. The van der Waals surface area contributed by atoms with Gasteiger partial charge in [0.15, 0.2) is 0 Å². The number of hydrogen-bond acceptors (Lipinski definition) is 4. The number of nitrogens with one attached hydrogen (secondary N) is 2. The number of halogens is 2. The van der Waals surface area contributed by atoms with Crippen molar-refractivity contribution in [3.63, 3.8) is 0 Å². The number of carbonyl (C=O) groups excluding carboxylic acids is 2. The highest BCUT2D eigenvalue weighted by Crippen LogP contribution is 2.17. The summed E-state index contributed by atoms with van der Waals surface area (Å²) >= 11 is 0. The van der Waals surface area contributed by atoms with E-state index in [9.17, 15) is 9.59 Å². The maximum atomic E-state index is 12.3. The smallest absolute Gasteiger partial charge is 0.234 e. The molecule has 0 bridgehead atoms. The van der Waals surface area contributed by atoms with Crippen molar-refractivity contribution in [3.05, 3.63) is 0 Å². The Morgan fingerprint density at radius 2 is 1.64 bits per heavy atom. The average molecular weight is 397 g/mol. The average Bonchev–Trinajstić information content (AvgIpc) is 2.56. The van der Waals surface area contributed by atoms with E-state index in [1.165, 1.54) is 19.3 Å². The first kappa shape index (κ1) is 24.4. The first-order valence-corrected chi connectivity index (χ1v) is 9.05. The molecule has 0 radical (unpaired) electrons. The summed E-state index contributed by atoms with van der Waals surface area (Å²) in [5, 5.41) is 6.22. The van der Waals surface area contributed by atoms with Crippen LogP contribution in [0.4, 0.5) is 0 Å². The Hall–Kier alpha value is -0.560. The Morgan fingerprint density at radius 1 is 1.04 bits per heavy atom. The molecule has 2 rings (SSSR count). The highest BCUT2D eigenvalue weighted by atomic mass is 35.5. The monoisotopic (exact) mass is 396 g/mol. The summed E-state index contributed by atoms with van der Waals surface area (Å²) in [6.07, 6.45) is 6.01. The minimum atomic E-state index is 0. The molecule has 2 amide bonds. The quantitative estimate of drug-likeness (QED) is 0.709. The van der Waals surface area contributed by atoms with Crippen molar-refractivity contribution in [1.82, 2.24) is 20.4 Å². The minimum absolute atomic E-state index is 0. The molecule has 2 N–H and O–H groups in total. The van der Waals surface area contributed by atoms with Gasteiger partial charge in [-0.3, -0.25) is 14.5 Å². The Balaban J connectivity index is 0.00000288. The number of nitrogens with zero attached hydrogens (tertiary/aromatic N) is 2. The molecule has 6 nitrogen and oxygen atoms in total. The first-order valence-electron chi connectivity index (χ1n) is 9.05. The molecule has 2 fully saturated rings. The van der Waals surface area contributed by atoms with E-state index in [4.69, 9.17) is 0 Å². The van der Waals surface area contributed by atoms with Gasteiger partial charge < -0.3 is 15.5 Å². The van der Waals surface area contributed by atoms with Gasteiger partial charge in [-0.2, -0.15) is 0 Å². The van der Waals surface area contributed by atoms with Crippen LogP contribution in [0.2, 0.25) is 0 Å². The van der Waals surface area contributed by atoms with E-state index < -0.39 is 0 Å². The van der Waals surface area contributed by atoms with Crippen molar-refractivity contribution in [1.29, 1.82) is 0 Å². The number of hydrogen-bond donors (Lipinski definition) is 2. The molecule has 0 aromatic heterocycles. The number of carbonyl (C=O) groups is 2. The molecule has 1 unspecified atom stereocenters. The van der Waals surface area contributed by atoms with E-state index in [1.807, 2.05) is 18.9 Å². The van der Waals surface area contributed by atoms with Crippen molar-refractivity contribution in [2.75, 3.05) is 46.3 Å². The van der Waals surface area contributed by atoms with Crippen LogP contribution in [-0.4, -0.2) is 74.0 Å². The summed E-state index contributed by atoms with van der Waals surface area (Å²) in [7, 11) is 1.87. The fraction of sp³-hybridized carbons (Fsp3) is 0.882. The fourth-order valence-corrected chi connectivity index (χ4v) is 3.55. The molecule has 2 aliphatic rings. The Kier molecular flexibility index (Phi) is 12.5. The molecule has 148 valence electrons. The first-order chi connectivity index (χ1) is 11.1. The molecule has 1 heterocycles.